The van der Waals surface area contributed by atoms with E-state index in [1.165, 1.54) is 16.8 Å². The summed E-state index contributed by atoms with van der Waals surface area (Å²) in [5.41, 5.74) is 5.12. The Hall–Kier alpha value is -2.14. The molecule has 0 amide bonds. The molecule has 33 heavy (non-hydrogen) atoms. The summed E-state index contributed by atoms with van der Waals surface area (Å²) in [7, 11) is -3.10. The van der Waals surface area contributed by atoms with Gasteiger partial charge in [-0.05, 0) is 87.6 Å². The number of hydrogen-bond donors (Lipinski definition) is 0. The van der Waals surface area contributed by atoms with Crippen LogP contribution in [0.4, 0.5) is 5.69 Å². The summed E-state index contributed by atoms with van der Waals surface area (Å²) in [5.74, 6) is 0.802. The van der Waals surface area contributed by atoms with Crippen LogP contribution < -0.4 is 4.90 Å². The van der Waals surface area contributed by atoms with E-state index in [4.69, 9.17) is 0 Å². The van der Waals surface area contributed by atoms with E-state index in [-0.39, 0.29) is 17.6 Å². The molecule has 1 fully saturated rings. The predicted molar refractivity (Wildman–Crippen MR) is 135 cm³/mol. The van der Waals surface area contributed by atoms with E-state index in [1.807, 2.05) is 0 Å². The van der Waals surface area contributed by atoms with Gasteiger partial charge in [0, 0.05) is 31.1 Å². The van der Waals surface area contributed by atoms with Crippen molar-refractivity contribution in [3.05, 3.63) is 65.2 Å². The lowest BCUT2D eigenvalue weighted by Gasteiger charge is -2.31. The highest BCUT2D eigenvalue weighted by atomic mass is 32.2. The second-order valence-corrected chi connectivity index (χ2v) is 13.6. The number of carbonyl (C=O) groups is 1. The van der Waals surface area contributed by atoms with E-state index in [0.717, 1.165) is 50.8 Å². The Bertz CT molecular complexity index is 1070. The number of sulfone groups is 1. The molecule has 178 valence electrons. The number of Topliss-reactive ketones (excluding diaryl/α,β-unsaturated/α-hetero) is 1. The van der Waals surface area contributed by atoms with Crippen molar-refractivity contribution in [2.75, 3.05) is 17.2 Å². The molecule has 0 radical (unpaired) electrons. The lowest BCUT2D eigenvalue weighted by atomic mass is 9.79. The van der Waals surface area contributed by atoms with Crippen molar-refractivity contribution in [3.8, 4) is 0 Å². The lowest BCUT2D eigenvalue weighted by molar-refractivity contribution is -0.123. The number of rotatable bonds is 6. The summed E-state index contributed by atoms with van der Waals surface area (Å²) < 4.78 is 24.3. The van der Waals surface area contributed by atoms with Gasteiger partial charge in [0.2, 0.25) is 0 Å². The van der Waals surface area contributed by atoms with E-state index in [0.29, 0.717) is 12.2 Å². The minimum Gasteiger partial charge on any atom is -0.367 e. The zero-order valence-electron chi connectivity index (χ0n) is 20.2. The van der Waals surface area contributed by atoms with Crippen molar-refractivity contribution >= 4 is 21.3 Å². The molecular formula is C28H37NO3S. The fraction of sp³-hybridized carbons (Fsp3) is 0.536. The molecule has 4 rings (SSSR count). The van der Waals surface area contributed by atoms with E-state index in [9.17, 15) is 13.2 Å². The smallest absolute Gasteiger partial charge is 0.155 e. The van der Waals surface area contributed by atoms with Gasteiger partial charge in [-0.2, -0.15) is 0 Å². The normalized spacial score (nSPS) is 21.5. The number of nitrogens with zero attached hydrogens (tertiary/aromatic N) is 1. The number of benzene rings is 2. The number of anilines is 1. The quantitative estimate of drug-likeness (QED) is 0.572. The summed E-state index contributed by atoms with van der Waals surface area (Å²) in [4.78, 5) is 15.3. The first kappa shape index (κ1) is 24.0. The molecule has 0 unspecified atom stereocenters. The minimum atomic E-state index is -3.10. The summed E-state index contributed by atoms with van der Waals surface area (Å²) >= 11 is 0. The Morgan fingerprint density at radius 3 is 2.21 bits per heavy atom. The summed E-state index contributed by atoms with van der Waals surface area (Å²) in [5, 5.41) is 0. The van der Waals surface area contributed by atoms with Gasteiger partial charge in [-0.1, -0.05) is 36.4 Å². The summed E-state index contributed by atoms with van der Waals surface area (Å²) in [6.45, 7) is 7.26. The average Bonchev–Trinajstić information content (AvgIpc) is 2.79. The van der Waals surface area contributed by atoms with Crippen LogP contribution >= 0.6 is 0 Å². The standard InChI is InChI=1S/C28H37NO3S/c1-28(2,3)33(31,32)20-22-8-12-24(13-9-22)27(30)18-21-10-14-26(15-11-21)29-17-16-23-6-4-5-7-25(23)19-29/h4-7,10-11,14-15,22,24H,8-9,12-13,16-20H2,1-3H3. The first-order valence-corrected chi connectivity index (χ1v) is 13.9. The maximum atomic E-state index is 12.9. The van der Waals surface area contributed by atoms with Gasteiger partial charge >= 0.3 is 0 Å². The van der Waals surface area contributed by atoms with Gasteiger partial charge in [-0.3, -0.25) is 4.79 Å². The molecule has 1 heterocycles. The highest BCUT2D eigenvalue weighted by Crippen LogP contribution is 2.33. The minimum absolute atomic E-state index is 0.0665. The molecule has 2 aliphatic rings. The van der Waals surface area contributed by atoms with Crippen LogP contribution in [-0.4, -0.2) is 31.2 Å². The van der Waals surface area contributed by atoms with Crippen molar-refractivity contribution in [1.29, 1.82) is 0 Å². The number of fused-ring (bicyclic) bond motifs is 1. The van der Waals surface area contributed by atoms with Crippen LogP contribution in [0.3, 0.4) is 0 Å². The second kappa shape index (κ2) is 9.61. The maximum Gasteiger partial charge on any atom is 0.155 e. The molecule has 2 aromatic carbocycles. The number of ketones is 1. The second-order valence-electron chi connectivity index (χ2n) is 10.9. The van der Waals surface area contributed by atoms with E-state index < -0.39 is 14.6 Å². The van der Waals surface area contributed by atoms with Crippen molar-refractivity contribution in [1.82, 2.24) is 0 Å². The molecule has 4 nitrogen and oxygen atoms in total. The third-order valence-electron chi connectivity index (χ3n) is 7.50. The molecule has 0 saturated heterocycles. The first-order chi connectivity index (χ1) is 15.6. The Balaban J connectivity index is 1.28. The monoisotopic (exact) mass is 467 g/mol. The average molecular weight is 468 g/mol. The third-order valence-corrected chi connectivity index (χ3v) is 10.3. The van der Waals surface area contributed by atoms with Gasteiger partial charge in [0.15, 0.2) is 9.84 Å². The molecule has 1 aliphatic heterocycles. The molecule has 2 aromatic rings. The molecule has 1 aliphatic carbocycles. The number of hydrogen-bond acceptors (Lipinski definition) is 4. The summed E-state index contributed by atoms with van der Waals surface area (Å²) in [6.07, 6.45) is 4.83. The summed E-state index contributed by atoms with van der Waals surface area (Å²) in [6, 6.07) is 17.1. The van der Waals surface area contributed by atoms with Gasteiger partial charge < -0.3 is 4.90 Å². The maximum absolute atomic E-state index is 12.9. The molecule has 5 heteroatoms. The van der Waals surface area contributed by atoms with E-state index in [2.05, 4.69) is 53.4 Å². The van der Waals surface area contributed by atoms with Crippen molar-refractivity contribution in [2.24, 2.45) is 11.8 Å². The van der Waals surface area contributed by atoms with Crippen LogP contribution in [0, 0.1) is 11.8 Å². The Morgan fingerprint density at radius 2 is 1.58 bits per heavy atom. The van der Waals surface area contributed by atoms with Crippen molar-refractivity contribution in [2.45, 2.75) is 70.6 Å². The molecule has 0 N–H and O–H groups in total. The van der Waals surface area contributed by atoms with E-state index in [1.54, 1.807) is 20.8 Å². The lowest BCUT2D eigenvalue weighted by Crippen LogP contribution is -2.35. The molecule has 0 bridgehead atoms. The van der Waals surface area contributed by atoms with Crippen molar-refractivity contribution in [3.63, 3.8) is 0 Å². The van der Waals surface area contributed by atoms with Gasteiger partial charge in [-0.15, -0.1) is 0 Å². The van der Waals surface area contributed by atoms with Gasteiger partial charge in [0.25, 0.3) is 0 Å². The van der Waals surface area contributed by atoms with Crippen LogP contribution in [0.2, 0.25) is 0 Å². The van der Waals surface area contributed by atoms with Crippen LogP contribution in [0.25, 0.3) is 0 Å². The Labute approximate surface area is 199 Å². The van der Waals surface area contributed by atoms with Crippen LogP contribution in [0.1, 0.15) is 63.1 Å². The SMILES string of the molecule is CC(C)(C)S(=O)(=O)CC1CCC(C(=O)Cc2ccc(N3CCc4ccccc4C3)cc2)CC1. The van der Waals surface area contributed by atoms with Gasteiger partial charge in [0.1, 0.15) is 5.78 Å². The van der Waals surface area contributed by atoms with Crippen LogP contribution in [-0.2, 0) is 34.0 Å². The Morgan fingerprint density at radius 1 is 0.939 bits per heavy atom. The molecule has 1 saturated carbocycles. The highest BCUT2D eigenvalue weighted by Gasteiger charge is 2.34. The van der Waals surface area contributed by atoms with Gasteiger partial charge in [-0.25, -0.2) is 8.42 Å². The van der Waals surface area contributed by atoms with Gasteiger partial charge in [0.05, 0.1) is 10.5 Å². The Kier molecular flexibility index (Phi) is 6.99. The van der Waals surface area contributed by atoms with Crippen LogP contribution in [0.15, 0.2) is 48.5 Å². The fourth-order valence-electron chi connectivity index (χ4n) is 5.10. The largest absolute Gasteiger partial charge is 0.367 e. The number of carbonyl (C=O) groups excluding carboxylic acids is 1. The highest BCUT2D eigenvalue weighted by molar-refractivity contribution is 7.92. The molecule has 0 aromatic heterocycles. The third kappa shape index (κ3) is 5.68. The molecule has 0 atom stereocenters. The first-order valence-electron chi connectivity index (χ1n) is 12.3. The predicted octanol–water partition coefficient (Wildman–Crippen LogP) is 5.38. The van der Waals surface area contributed by atoms with E-state index >= 15 is 0 Å². The molecular weight excluding hydrogens is 430 g/mol. The topological polar surface area (TPSA) is 54.5 Å². The zero-order chi connectivity index (χ0) is 23.6. The fourth-order valence-corrected chi connectivity index (χ4v) is 6.55. The van der Waals surface area contributed by atoms with Crippen LogP contribution in [0.5, 0.6) is 0 Å². The van der Waals surface area contributed by atoms with Crippen molar-refractivity contribution < 1.29 is 13.2 Å². The zero-order valence-corrected chi connectivity index (χ0v) is 21.0. The molecule has 0 spiro atoms.